The van der Waals surface area contributed by atoms with E-state index in [0.717, 1.165) is 5.56 Å². The molecule has 0 atom stereocenters. The average Bonchev–Trinajstić information content (AvgIpc) is 2.87. The van der Waals surface area contributed by atoms with E-state index in [1.54, 1.807) is 61.6 Å². The Hall–Kier alpha value is -3.74. The van der Waals surface area contributed by atoms with Gasteiger partial charge in [0, 0.05) is 18.3 Å². The Bertz CT molecular complexity index is 1060. The summed E-state index contributed by atoms with van der Waals surface area (Å²) in [6.07, 6.45) is 4.78. The molecule has 0 fully saturated rings. The molecule has 32 heavy (non-hydrogen) atoms. The standard InChI is InChI=1S/C25H28N2O5/c1-6-13-27-19-15-18(9-11-20(19)32-16-25(2,3)24(27)29)26-23(28)12-8-17-7-10-21(30-4)22(14-17)31-5/h6-12,14-15H,1,13,16H2,2-5H3,(H,26,28)/b12-8+. The number of carbonyl (C=O) groups is 2. The maximum absolute atomic E-state index is 13.0. The number of nitrogens with zero attached hydrogens (tertiary/aromatic N) is 1. The second-order valence-electron chi connectivity index (χ2n) is 8.00. The van der Waals surface area contributed by atoms with Gasteiger partial charge in [0.1, 0.15) is 12.4 Å². The molecule has 1 aliphatic rings. The molecule has 0 radical (unpaired) electrons. The van der Waals surface area contributed by atoms with Crippen LogP contribution in [0.5, 0.6) is 17.2 Å². The van der Waals surface area contributed by atoms with Crippen LogP contribution in [0, 0.1) is 5.41 Å². The first kappa shape index (κ1) is 22.9. The highest BCUT2D eigenvalue weighted by molar-refractivity contribution is 6.04. The van der Waals surface area contributed by atoms with Gasteiger partial charge < -0.3 is 24.4 Å². The van der Waals surface area contributed by atoms with Gasteiger partial charge in [0.05, 0.1) is 25.3 Å². The average molecular weight is 437 g/mol. The molecule has 1 N–H and O–H groups in total. The molecule has 2 aromatic carbocycles. The normalized spacial score (nSPS) is 14.9. The number of benzene rings is 2. The van der Waals surface area contributed by atoms with E-state index in [0.29, 0.717) is 35.2 Å². The number of anilines is 2. The van der Waals surface area contributed by atoms with Crippen LogP contribution < -0.4 is 24.4 Å². The van der Waals surface area contributed by atoms with Crippen LogP contribution in [0.2, 0.25) is 0 Å². The largest absolute Gasteiger partial charge is 0.493 e. The fourth-order valence-corrected chi connectivity index (χ4v) is 3.35. The van der Waals surface area contributed by atoms with Crippen LogP contribution in [0.25, 0.3) is 6.08 Å². The molecule has 1 heterocycles. The van der Waals surface area contributed by atoms with E-state index >= 15 is 0 Å². The Morgan fingerprint density at radius 2 is 1.94 bits per heavy atom. The molecular formula is C25H28N2O5. The van der Waals surface area contributed by atoms with Crippen molar-refractivity contribution in [1.29, 1.82) is 0 Å². The van der Waals surface area contributed by atoms with Crippen molar-refractivity contribution in [1.82, 2.24) is 0 Å². The van der Waals surface area contributed by atoms with Crippen molar-refractivity contribution >= 4 is 29.3 Å². The molecule has 0 unspecified atom stereocenters. The highest BCUT2D eigenvalue weighted by Gasteiger charge is 2.37. The van der Waals surface area contributed by atoms with E-state index in [2.05, 4.69) is 11.9 Å². The van der Waals surface area contributed by atoms with Gasteiger partial charge in [0.25, 0.3) is 0 Å². The van der Waals surface area contributed by atoms with E-state index in [4.69, 9.17) is 14.2 Å². The molecular weight excluding hydrogens is 408 g/mol. The number of fused-ring (bicyclic) bond motifs is 1. The molecule has 7 nitrogen and oxygen atoms in total. The van der Waals surface area contributed by atoms with Crippen molar-refractivity contribution in [2.24, 2.45) is 5.41 Å². The topological polar surface area (TPSA) is 77.1 Å². The summed E-state index contributed by atoms with van der Waals surface area (Å²) in [6.45, 7) is 8.06. The third kappa shape index (κ3) is 4.94. The number of nitrogens with one attached hydrogen (secondary N) is 1. The van der Waals surface area contributed by atoms with Crippen molar-refractivity contribution in [3.05, 3.63) is 60.7 Å². The van der Waals surface area contributed by atoms with Gasteiger partial charge in [-0.1, -0.05) is 12.1 Å². The second-order valence-corrected chi connectivity index (χ2v) is 8.00. The molecule has 168 valence electrons. The van der Waals surface area contributed by atoms with Crippen LogP contribution in [-0.2, 0) is 9.59 Å². The first-order valence-corrected chi connectivity index (χ1v) is 10.2. The van der Waals surface area contributed by atoms with Crippen molar-refractivity contribution in [2.45, 2.75) is 13.8 Å². The minimum Gasteiger partial charge on any atom is -0.493 e. The van der Waals surface area contributed by atoms with Gasteiger partial charge in [-0.15, -0.1) is 6.58 Å². The molecule has 7 heteroatoms. The second kappa shape index (κ2) is 9.60. The lowest BCUT2D eigenvalue weighted by Crippen LogP contribution is -2.42. The molecule has 0 saturated carbocycles. The van der Waals surface area contributed by atoms with E-state index < -0.39 is 5.41 Å². The van der Waals surface area contributed by atoms with Gasteiger partial charge in [-0.3, -0.25) is 9.59 Å². The fraction of sp³-hybridized carbons (Fsp3) is 0.280. The number of amides is 2. The Morgan fingerprint density at radius 1 is 1.19 bits per heavy atom. The molecule has 0 bridgehead atoms. The Kier molecular flexibility index (Phi) is 6.88. The van der Waals surface area contributed by atoms with Crippen LogP contribution in [0.4, 0.5) is 11.4 Å². The van der Waals surface area contributed by atoms with Gasteiger partial charge in [0.2, 0.25) is 11.8 Å². The van der Waals surface area contributed by atoms with Gasteiger partial charge in [-0.2, -0.15) is 0 Å². The predicted octanol–water partition coefficient (Wildman–Crippen LogP) is 4.29. The van der Waals surface area contributed by atoms with Gasteiger partial charge in [-0.05, 0) is 55.8 Å². The summed E-state index contributed by atoms with van der Waals surface area (Å²) >= 11 is 0. The Morgan fingerprint density at radius 3 is 2.62 bits per heavy atom. The maximum atomic E-state index is 13.0. The van der Waals surface area contributed by atoms with Crippen LogP contribution in [-0.4, -0.2) is 39.2 Å². The molecule has 0 spiro atoms. The zero-order valence-corrected chi connectivity index (χ0v) is 18.8. The number of methoxy groups -OCH3 is 2. The molecule has 2 aromatic rings. The van der Waals surface area contributed by atoms with E-state index in [1.807, 2.05) is 19.9 Å². The molecule has 2 amide bonds. The van der Waals surface area contributed by atoms with Crippen molar-refractivity contribution in [3.8, 4) is 17.2 Å². The molecule has 0 aliphatic carbocycles. The maximum Gasteiger partial charge on any atom is 0.248 e. The number of carbonyl (C=O) groups excluding carboxylic acids is 2. The summed E-state index contributed by atoms with van der Waals surface area (Å²) in [5, 5.41) is 2.83. The first-order chi connectivity index (χ1) is 15.3. The van der Waals surface area contributed by atoms with Crippen LogP contribution in [0.3, 0.4) is 0 Å². The summed E-state index contributed by atoms with van der Waals surface area (Å²) in [5.74, 6) is 1.41. The lowest BCUT2D eigenvalue weighted by Gasteiger charge is -2.27. The van der Waals surface area contributed by atoms with Gasteiger partial charge in [0.15, 0.2) is 11.5 Å². The van der Waals surface area contributed by atoms with Crippen LogP contribution >= 0.6 is 0 Å². The third-order valence-corrected chi connectivity index (χ3v) is 5.08. The first-order valence-electron chi connectivity index (χ1n) is 10.2. The fourth-order valence-electron chi connectivity index (χ4n) is 3.35. The Balaban J connectivity index is 1.80. The quantitative estimate of drug-likeness (QED) is 0.517. The number of hydrogen-bond donors (Lipinski definition) is 1. The van der Waals surface area contributed by atoms with E-state index in [-0.39, 0.29) is 18.4 Å². The zero-order valence-electron chi connectivity index (χ0n) is 18.8. The van der Waals surface area contributed by atoms with Crippen molar-refractivity contribution < 1.29 is 23.8 Å². The lowest BCUT2D eigenvalue weighted by molar-refractivity contribution is -0.127. The monoisotopic (exact) mass is 436 g/mol. The molecule has 1 aliphatic heterocycles. The van der Waals surface area contributed by atoms with E-state index in [1.165, 1.54) is 6.08 Å². The summed E-state index contributed by atoms with van der Waals surface area (Å²) in [6, 6.07) is 10.6. The lowest BCUT2D eigenvalue weighted by atomic mass is 9.93. The molecule has 0 saturated heterocycles. The summed E-state index contributed by atoms with van der Waals surface area (Å²) < 4.78 is 16.4. The van der Waals surface area contributed by atoms with E-state index in [9.17, 15) is 9.59 Å². The smallest absolute Gasteiger partial charge is 0.248 e. The SMILES string of the molecule is C=CCN1C(=O)C(C)(C)COc2ccc(NC(=O)/C=C/c3ccc(OC)c(OC)c3)cc21. The Labute approximate surface area is 188 Å². The summed E-state index contributed by atoms with van der Waals surface area (Å²) in [5.41, 5.74) is 1.27. The summed E-state index contributed by atoms with van der Waals surface area (Å²) in [4.78, 5) is 27.1. The molecule has 3 rings (SSSR count). The van der Waals surface area contributed by atoms with Crippen molar-refractivity contribution in [3.63, 3.8) is 0 Å². The van der Waals surface area contributed by atoms with Gasteiger partial charge >= 0.3 is 0 Å². The predicted molar refractivity (Wildman–Crippen MR) is 125 cm³/mol. The minimum atomic E-state index is -0.673. The summed E-state index contributed by atoms with van der Waals surface area (Å²) in [7, 11) is 3.12. The number of ether oxygens (including phenoxy) is 3. The minimum absolute atomic E-state index is 0.0621. The number of rotatable bonds is 7. The highest BCUT2D eigenvalue weighted by atomic mass is 16.5. The van der Waals surface area contributed by atoms with Crippen LogP contribution in [0.1, 0.15) is 19.4 Å². The highest BCUT2D eigenvalue weighted by Crippen LogP contribution is 2.38. The van der Waals surface area contributed by atoms with Gasteiger partial charge in [-0.25, -0.2) is 0 Å². The number of hydrogen-bond acceptors (Lipinski definition) is 5. The van der Waals surface area contributed by atoms with Crippen LogP contribution in [0.15, 0.2) is 55.1 Å². The molecule has 0 aromatic heterocycles. The zero-order chi connectivity index (χ0) is 23.3. The van der Waals surface area contributed by atoms with Crippen molar-refractivity contribution in [2.75, 3.05) is 37.6 Å². The third-order valence-electron chi connectivity index (χ3n) is 5.08.